The number of rotatable bonds is 2. The van der Waals surface area contributed by atoms with Crippen LogP contribution in [0.2, 0.25) is 0 Å². The molecule has 0 amide bonds. The van der Waals surface area contributed by atoms with E-state index in [0.717, 1.165) is 5.69 Å². The highest BCUT2D eigenvalue weighted by Crippen LogP contribution is 2.13. The molecule has 0 spiro atoms. The van der Waals surface area contributed by atoms with Gasteiger partial charge in [0.2, 0.25) is 11.6 Å². The lowest BCUT2D eigenvalue weighted by Gasteiger charge is -1.93. The summed E-state index contributed by atoms with van der Waals surface area (Å²) < 4.78 is 4.77. The fourth-order valence-electron chi connectivity index (χ4n) is 1.14. The van der Waals surface area contributed by atoms with E-state index >= 15 is 0 Å². The van der Waals surface area contributed by atoms with Gasteiger partial charge in [0.05, 0.1) is 0 Å². The summed E-state index contributed by atoms with van der Waals surface area (Å²) in [6, 6.07) is 5.48. The van der Waals surface area contributed by atoms with Crippen molar-refractivity contribution in [3.8, 4) is 11.5 Å². The molecule has 5 heteroatoms. The maximum Gasteiger partial charge on any atom is 0.294 e. The molecule has 0 aromatic carbocycles. The zero-order valence-corrected chi connectivity index (χ0v) is 8.39. The van der Waals surface area contributed by atoms with Crippen LogP contribution in [0, 0.1) is 6.92 Å². The van der Waals surface area contributed by atoms with Crippen LogP contribution in [0.5, 0.6) is 0 Å². The molecular weight excluding hydrogens is 194 g/mol. The number of hydrogen-bond donors (Lipinski definition) is 0. The van der Waals surface area contributed by atoms with E-state index in [2.05, 4.69) is 15.1 Å². The zero-order chi connectivity index (χ0) is 10.8. The van der Waals surface area contributed by atoms with Crippen molar-refractivity contribution in [1.29, 1.82) is 0 Å². The molecule has 2 heterocycles. The maximum atomic E-state index is 10.9. The van der Waals surface area contributed by atoms with Crippen LogP contribution in [0.15, 0.2) is 22.7 Å². The van der Waals surface area contributed by atoms with Crippen LogP contribution in [-0.2, 0) is 0 Å². The number of carbonyl (C=O) groups is 1. The van der Waals surface area contributed by atoms with Gasteiger partial charge in [-0.05, 0) is 19.1 Å². The van der Waals surface area contributed by atoms with Crippen molar-refractivity contribution in [1.82, 2.24) is 15.1 Å². The third-order valence-electron chi connectivity index (χ3n) is 1.84. The van der Waals surface area contributed by atoms with Gasteiger partial charge in [-0.25, -0.2) is 4.98 Å². The summed E-state index contributed by atoms with van der Waals surface area (Å²) in [5, 5.41) is 3.68. The normalized spacial score (nSPS) is 10.3. The Morgan fingerprint density at radius 2 is 2.13 bits per heavy atom. The lowest BCUT2D eigenvalue weighted by atomic mass is 10.3. The van der Waals surface area contributed by atoms with Crippen molar-refractivity contribution in [3.63, 3.8) is 0 Å². The first-order valence-electron chi connectivity index (χ1n) is 4.45. The highest BCUT2D eigenvalue weighted by Gasteiger charge is 2.12. The summed E-state index contributed by atoms with van der Waals surface area (Å²) in [7, 11) is 0. The molecule has 0 fully saturated rings. The van der Waals surface area contributed by atoms with Crippen molar-refractivity contribution in [3.05, 3.63) is 29.8 Å². The van der Waals surface area contributed by atoms with Crippen molar-refractivity contribution in [2.24, 2.45) is 0 Å². The number of carbonyl (C=O) groups excluding carboxylic acids is 1. The molecule has 0 aliphatic rings. The Balaban J connectivity index is 2.41. The van der Waals surface area contributed by atoms with Crippen molar-refractivity contribution in [2.75, 3.05) is 0 Å². The first-order valence-corrected chi connectivity index (χ1v) is 4.45. The highest BCUT2D eigenvalue weighted by atomic mass is 16.5. The van der Waals surface area contributed by atoms with E-state index in [9.17, 15) is 4.79 Å². The summed E-state index contributed by atoms with van der Waals surface area (Å²) in [5.41, 5.74) is 1.47. The molecule has 15 heavy (non-hydrogen) atoms. The van der Waals surface area contributed by atoms with Crippen LogP contribution >= 0.6 is 0 Å². The van der Waals surface area contributed by atoms with Crippen LogP contribution in [0.4, 0.5) is 0 Å². The van der Waals surface area contributed by atoms with Crippen LogP contribution in [-0.4, -0.2) is 20.9 Å². The average Bonchev–Trinajstić information content (AvgIpc) is 2.66. The van der Waals surface area contributed by atoms with E-state index in [1.165, 1.54) is 6.92 Å². The molecule has 0 radical (unpaired) electrons. The van der Waals surface area contributed by atoms with E-state index in [-0.39, 0.29) is 11.7 Å². The van der Waals surface area contributed by atoms with Gasteiger partial charge in [0.25, 0.3) is 5.89 Å². The fraction of sp³-hybridized carbons (Fsp3) is 0.200. The van der Waals surface area contributed by atoms with Crippen molar-refractivity contribution < 1.29 is 9.32 Å². The van der Waals surface area contributed by atoms with Crippen molar-refractivity contribution >= 4 is 5.78 Å². The van der Waals surface area contributed by atoms with Crippen LogP contribution in [0.25, 0.3) is 11.5 Å². The smallest absolute Gasteiger partial charge is 0.294 e. The number of ketones is 1. The van der Waals surface area contributed by atoms with Crippen LogP contribution < -0.4 is 0 Å². The lowest BCUT2D eigenvalue weighted by molar-refractivity contribution is 0.0972. The molecule has 5 nitrogen and oxygen atoms in total. The van der Waals surface area contributed by atoms with E-state index in [1.54, 1.807) is 6.07 Å². The molecular formula is C10H9N3O2. The molecule has 0 N–H and O–H groups in total. The molecule has 0 saturated carbocycles. The van der Waals surface area contributed by atoms with Gasteiger partial charge in [0.1, 0.15) is 5.69 Å². The van der Waals surface area contributed by atoms with Gasteiger partial charge in [0.15, 0.2) is 0 Å². The molecule has 2 aromatic heterocycles. The van der Waals surface area contributed by atoms with E-state index in [1.807, 2.05) is 19.1 Å². The predicted molar refractivity (Wildman–Crippen MR) is 52.3 cm³/mol. The summed E-state index contributed by atoms with van der Waals surface area (Å²) in [6.45, 7) is 3.25. The fourth-order valence-corrected chi connectivity index (χ4v) is 1.14. The summed E-state index contributed by atoms with van der Waals surface area (Å²) in [6.07, 6.45) is 0. The minimum Gasteiger partial charge on any atom is -0.330 e. The maximum absolute atomic E-state index is 10.9. The average molecular weight is 203 g/mol. The zero-order valence-electron chi connectivity index (χ0n) is 8.39. The van der Waals surface area contributed by atoms with Gasteiger partial charge in [0, 0.05) is 12.6 Å². The Morgan fingerprint density at radius 1 is 1.33 bits per heavy atom. The first kappa shape index (κ1) is 9.51. The Bertz CT molecular complexity index is 505. The third kappa shape index (κ3) is 1.90. The second kappa shape index (κ2) is 3.61. The largest absolute Gasteiger partial charge is 0.330 e. The van der Waals surface area contributed by atoms with Gasteiger partial charge >= 0.3 is 0 Å². The Labute approximate surface area is 86.1 Å². The number of Topliss-reactive ketones (excluding diaryl/α,β-unsaturated/α-hetero) is 1. The molecule has 2 aromatic rings. The first-order chi connectivity index (χ1) is 7.16. The Morgan fingerprint density at radius 3 is 2.73 bits per heavy atom. The number of aryl methyl sites for hydroxylation is 1. The minimum atomic E-state index is -0.249. The summed E-state index contributed by atoms with van der Waals surface area (Å²) in [4.78, 5) is 19.1. The molecule has 0 unspecified atom stereocenters. The van der Waals surface area contributed by atoms with Crippen LogP contribution in [0.1, 0.15) is 23.3 Å². The van der Waals surface area contributed by atoms with Crippen LogP contribution in [0.3, 0.4) is 0 Å². The van der Waals surface area contributed by atoms with Gasteiger partial charge in [-0.2, -0.15) is 4.98 Å². The van der Waals surface area contributed by atoms with Crippen molar-refractivity contribution in [2.45, 2.75) is 13.8 Å². The summed E-state index contributed by atoms with van der Waals surface area (Å²) >= 11 is 0. The van der Waals surface area contributed by atoms with Gasteiger partial charge in [-0.15, -0.1) is 0 Å². The second-order valence-corrected chi connectivity index (χ2v) is 3.14. The molecule has 0 saturated heterocycles. The molecule has 0 atom stereocenters. The molecule has 76 valence electrons. The van der Waals surface area contributed by atoms with Gasteiger partial charge < -0.3 is 4.52 Å². The van der Waals surface area contributed by atoms with E-state index in [0.29, 0.717) is 11.5 Å². The topological polar surface area (TPSA) is 68.9 Å². The standard InChI is InChI=1S/C10H9N3O2/c1-6-4-3-5-8(11-6)9-12-10(7(2)14)15-13-9/h3-5H,1-2H3. The van der Waals surface area contributed by atoms with Gasteiger partial charge in [-0.1, -0.05) is 11.2 Å². The number of pyridine rings is 1. The number of aromatic nitrogens is 3. The minimum absolute atomic E-state index is 0.00769. The quantitative estimate of drug-likeness (QED) is 0.694. The lowest BCUT2D eigenvalue weighted by Crippen LogP contribution is -1.92. The van der Waals surface area contributed by atoms with E-state index in [4.69, 9.17) is 4.52 Å². The molecule has 0 aliphatic carbocycles. The van der Waals surface area contributed by atoms with E-state index < -0.39 is 0 Å². The number of nitrogens with zero attached hydrogens (tertiary/aromatic N) is 3. The molecule has 0 aliphatic heterocycles. The Kier molecular flexibility index (Phi) is 2.29. The monoisotopic (exact) mass is 203 g/mol. The third-order valence-corrected chi connectivity index (χ3v) is 1.84. The summed E-state index contributed by atoms with van der Waals surface area (Å²) in [5.74, 6) is 0.0959. The SMILES string of the molecule is CC(=O)c1nc(-c2cccc(C)n2)no1. The number of hydrogen-bond acceptors (Lipinski definition) is 5. The van der Waals surface area contributed by atoms with Gasteiger partial charge in [-0.3, -0.25) is 4.79 Å². The second-order valence-electron chi connectivity index (χ2n) is 3.14. The highest BCUT2D eigenvalue weighted by molar-refractivity contribution is 5.89. The molecule has 0 bridgehead atoms. The Hall–Kier alpha value is -2.04. The molecule has 2 rings (SSSR count). The predicted octanol–water partition coefficient (Wildman–Crippen LogP) is 1.64.